The molecule has 20 heavy (non-hydrogen) atoms. The molecule has 6 heteroatoms. The first kappa shape index (κ1) is 15.0. The highest BCUT2D eigenvalue weighted by atomic mass is 79.9. The van der Waals surface area contributed by atoms with Gasteiger partial charge < -0.3 is 10.1 Å². The van der Waals surface area contributed by atoms with Crippen LogP contribution in [-0.2, 0) is 0 Å². The molecule has 0 spiro atoms. The van der Waals surface area contributed by atoms with Gasteiger partial charge in [-0.1, -0.05) is 12.1 Å². The summed E-state index contributed by atoms with van der Waals surface area (Å²) in [5.74, 6) is -0.574. The molecular formula is C14H16BrFN2O2. The zero-order valence-corrected chi connectivity index (χ0v) is 12.7. The van der Waals surface area contributed by atoms with Crippen molar-refractivity contribution in [3.05, 3.63) is 34.1 Å². The lowest BCUT2D eigenvalue weighted by Gasteiger charge is -2.33. The molecule has 1 N–H and O–H groups in total. The number of piperidine rings is 1. The van der Waals surface area contributed by atoms with Gasteiger partial charge >= 0.3 is 0 Å². The van der Waals surface area contributed by atoms with Crippen molar-refractivity contribution in [3.63, 3.8) is 0 Å². The number of carbonyl (C=O) groups is 1. The van der Waals surface area contributed by atoms with Crippen LogP contribution in [0.1, 0.15) is 30.1 Å². The number of hydrogen-bond donors (Lipinski definition) is 1. The Bertz CT molecular complexity index is 548. The summed E-state index contributed by atoms with van der Waals surface area (Å²) in [6.07, 6.45) is 1.35. The molecule has 1 saturated heterocycles. The lowest BCUT2D eigenvalue weighted by molar-refractivity contribution is 0.0727. The summed E-state index contributed by atoms with van der Waals surface area (Å²) in [6, 6.07) is 4.08. The standard InChI is InChI=1S/C14H16BrFN2O2/c1-2-9-8-18(6-5-13(9)17-20)14(19)11-7-10(16)3-4-12(11)15/h3-4,7,9,20H,2,5-6,8H2,1H3/b17-13+. The average molecular weight is 343 g/mol. The Morgan fingerprint density at radius 1 is 1.60 bits per heavy atom. The Balaban J connectivity index is 2.20. The molecule has 4 nitrogen and oxygen atoms in total. The van der Waals surface area contributed by atoms with E-state index in [0.717, 1.165) is 12.1 Å². The molecule has 0 saturated carbocycles. The third kappa shape index (κ3) is 3.00. The SMILES string of the molecule is CCC1CN(C(=O)c2cc(F)ccc2Br)CC/C1=N\O. The van der Waals surface area contributed by atoms with Crippen molar-refractivity contribution >= 4 is 27.5 Å². The Morgan fingerprint density at radius 2 is 2.35 bits per heavy atom. The minimum Gasteiger partial charge on any atom is -0.411 e. The van der Waals surface area contributed by atoms with Crippen molar-refractivity contribution in [2.75, 3.05) is 13.1 Å². The Labute approximate surface area is 125 Å². The maximum Gasteiger partial charge on any atom is 0.255 e. The number of rotatable bonds is 2. The third-order valence-electron chi connectivity index (χ3n) is 3.62. The highest BCUT2D eigenvalue weighted by molar-refractivity contribution is 9.10. The van der Waals surface area contributed by atoms with Crippen LogP contribution in [-0.4, -0.2) is 34.8 Å². The molecule has 1 aliphatic heterocycles. The van der Waals surface area contributed by atoms with Crippen molar-refractivity contribution in [1.29, 1.82) is 0 Å². The van der Waals surface area contributed by atoms with Gasteiger partial charge in [0.2, 0.25) is 0 Å². The maximum absolute atomic E-state index is 13.3. The van der Waals surface area contributed by atoms with E-state index >= 15 is 0 Å². The molecule has 0 aromatic heterocycles. The molecule has 1 heterocycles. The number of hydrogen-bond acceptors (Lipinski definition) is 3. The smallest absolute Gasteiger partial charge is 0.255 e. The lowest BCUT2D eigenvalue weighted by atomic mass is 9.93. The minimum absolute atomic E-state index is 0.0602. The van der Waals surface area contributed by atoms with Gasteiger partial charge in [0, 0.05) is 29.9 Å². The summed E-state index contributed by atoms with van der Waals surface area (Å²) in [7, 11) is 0. The van der Waals surface area contributed by atoms with Gasteiger partial charge in [-0.15, -0.1) is 0 Å². The van der Waals surface area contributed by atoms with Crippen LogP contribution in [0, 0.1) is 11.7 Å². The summed E-state index contributed by atoms with van der Waals surface area (Å²) >= 11 is 3.28. The number of carbonyl (C=O) groups excluding carboxylic acids is 1. The summed E-state index contributed by atoms with van der Waals surface area (Å²) in [5, 5.41) is 12.2. The van der Waals surface area contributed by atoms with E-state index in [9.17, 15) is 9.18 Å². The van der Waals surface area contributed by atoms with E-state index in [1.165, 1.54) is 18.2 Å². The van der Waals surface area contributed by atoms with Crippen LogP contribution in [0.15, 0.2) is 27.8 Å². The fourth-order valence-electron chi connectivity index (χ4n) is 2.43. The Kier molecular flexibility index (Phi) is 4.75. The van der Waals surface area contributed by atoms with Crippen LogP contribution in [0.4, 0.5) is 4.39 Å². The van der Waals surface area contributed by atoms with E-state index in [0.29, 0.717) is 29.5 Å². The van der Waals surface area contributed by atoms with Gasteiger partial charge in [0.1, 0.15) is 5.82 Å². The zero-order valence-electron chi connectivity index (χ0n) is 11.1. The monoisotopic (exact) mass is 342 g/mol. The molecule has 2 rings (SSSR count). The zero-order chi connectivity index (χ0) is 14.7. The van der Waals surface area contributed by atoms with E-state index in [-0.39, 0.29) is 11.8 Å². The fourth-order valence-corrected chi connectivity index (χ4v) is 2.85. The van der Waals surface area contributed by atoms with Gasteiger partial charge in [0.15, 0.2) is 0 Å². The van der Waals surface area contributed by atoms with Gasteiger partial charge in [-0.3, -0.25) is 4.79 Å². The molecule has 1 amide bonds. The molecule has 0 aliphatic carbocycles. The van der Waals surface area contributed by atoms with Crippen LogP contribution in [0.2, 0.25) is 0 Å². The summed E-state index contributed by atoms with van der Waals surface area (Å²) in [5.41, 5.74) is 1.05. The first-order valence-corrected chi connectivity index (χ1v) is 7.31. The molecule has 0 bridgehead atoms. The van der Waals surface area contributed by atoms with Gasteiger partial charge in [0.25, 0.3) is 5.91 Å². The van der Waals surface area contributed by atoms with Crippen LogP contribution < -0.4 is 0 Å². The van der Waals surface area contributed by atoms with Gasteiger partial charge in [-0.25, -0.2) is 4.39 Å². The van der Waals surface area contributed by atoms with E-state index in [2.05, 4.69) is 21.1 Å². The number of nitrogens with zero attached hydrogens (tertiary/aromatic N) is 2. The predicted octanol–water partition coefficient (Wildman–Crippen LogP) is 3.29. The highest BCUT2D eigenvalue weighted by Crippen LogP contribution is 2.23. The van der Waals surface area contributed by atoms with Crippen molar-refractivity contribution in [3.8, 4) is 0 Å². The summed E-state index contributed by atoms with van der Waals surface area (Å²) < 4.78 is 13.9. The van der Waals surface area contributed by atoms with E-state index in [4.69, 9.17) is 5.21 Å². The Hall–Kier alpha value is -1.43. The molecule has 1 atom stereocenters. The van der Waals surface area contributed by atoms with Crippen molar-refractivity contribution in [1.82, 2.24) is 4.90 Å². The van der Waals surface area contributed by atoms with E-state index in [1.54, 1.807) is 4.90 Å². The van der Waals surface area contributed by atoms with E-state index < -0.39 is 5.82 Å². The van der Waals surface area contributed by atoms with Gasteiger partial charge in [-0.2, -0.15) is 0 Å². The van der Waals surface area contributed by atoms with Crippen molar-refractivity contribution in [2.45, 2.75) is 19.8 Å². The average Bonchev–Trinajstić information content (AvgIpc) is 2.48. The van der Waals surface area contributed by atoms with Crippen LogP contribution in [0.3, 0.4) is 0 Å². The minimum atomic E-state index is -0.432. The number of oxime groups is 1. The van der Waals surface area contributed by atoms with Gasteiger partial charge in [-0.05, 0) is 40.5 Å². The summed E-state index contributed by atoms with van der Waals surface area (Å²) in [4.78, 5) is 14.1. The first-order chi connectivity index (χ1) is 9.56. The normalized spacial score (nSPS) is 21.2. The predicted molar refractivity (Wildman–Crippen MR) is 77.6 cm³/mol. The molecule has 108 valence electrons. The molecule has 1 aromatic carbocycles. The van der Waals surface area contributed by atoms with Crippen LogP contribution in [0.25, 0.3) is 0 Å². The number of halogens is 2. The molecule has 0 radical (unpaired) electrons. The topological polar surface area (TPSA) is 52.9 Å². The van der Waals surface area contributed by atoms with Gasteiger partial charge in [0.05, 0.1) is 11.3 Å². The number of amides is 1. The number of benzene rings is 1. The fraction of sp³-hybridized carbons (Fsp3) is 0.429. The van der Waals surface area contributed by atoms with Crippen LogP contribution >= 0.6 is 15.9 Å². The molecule has 1 fully saturated rings. The molecule has 1 aromatic rings. The molecule has 1 aliphatic rings. The third-order valence-corrected chi connectivity index (χ3v) is 4.31. The quantitative estimate of drug-likeness (QED) is 0.662. The molecule has 1 unspecified atom stereocenters. The first-order valence-electron chi connectivity index (χ1n) is 6.52. The molecular weight excluding hydrogens is 327 g/mol. The lowest BCUT2D eigenvalue weighted by Crippen LogP contribution is -2.44. The second-order valence-electron chi connectivity index (χ2n) is 4.82. The van der Waals surface area contributed by atoms with E-state index in [1.807, 2.05) is 6.92 Å². The number of likely N-dealkylation sites (tertiary alicyclic amines) is 1. The van der Waals surface area contributed by atoms with Crippen LogP contribution in [0.5, 0.6) is 0 Å². The summed E-state index contributed by atoms with van der Waals surface area (Å²) in [6.45, 7) is 2.97. The maximum atomic E-state index is 13.3. The largest absolute Gasteiger partial charge is 0.411 e. The van der Waals surface area contributed by atoms with Crippen molar-refractivity contribution in [2.24, 2.45) is 11.1 Å². The highest BCUT2D eigenvalue weighted by Gasteiger charge is 2.29. The van der Waals surface area contributed by atoms with Crippen molar-refractivity contribution < 1.29 is 14.4 Å². The second-order valence-corrected chi connectivity index (χ2v) is 5.68. The second kappa shape index (κ2) is 6.35. The Morgan fingerprint density at radius 3 is 3.00 bits per heavy atom.